The standard InChI is InChI=1S/CHO.Al.Co.3H/c1-2;;;;;/h1H;;;;;. The van der Waals surface area contributed by atoms with E-state index in [1.807, 2.05) is 0 Å². The molecule has 0 radical (unpaired) electrons. The molecule has 1 nitrogen and oxygen atoms in total. The molecule has 0 aliphatic carbocycles. The maximum atomic E-state index is 8.67. The summed E-state index contributed by atoms with van der Waals surface area (Å²) in [5.74, 6) is 0. The van der Waals surface area contributed by atoms with E-state index in [0.29, 0.717) is 5.22 Å². The molecule has 0 fully saturated rings. The molecule has 0 aromatic carbocycles. The average Bonchev–Trinajstić information content (AvgIpc) is 0.918. The molecule has 0 aliphatic heterocycles. The first-order chi connectivity index (χ1) is 1.41. The Morgan fingerprint density at radius 2 is 1.75 bits per heavy atom. The SMILES string of the molecule is O=[CH][Co].[AlH3]. The topological polar surface area (TPSA) is 17.1 Å². The van der Waals surface area contributed by atoms with Crippen LogP contribution in [-0.2, 0) is 20.5 Å². The maximum absolute atomic E-state index is 8.67. The molecule has 0 amide bonds. The number of carbonyl (C=O) groups is 1. The summed E-state index contributed by atoms with van der Waals surface area (Å²) in [6, 6.07) is 0. The van der Waals surface area contributed by atoms with Gasteiger partial charge in [0.2, 0.25) is 0 Å². The minimum Gasteiger partial charge on any atom is 0.187 e. The van der Waals surface area contributed by atoms with Crippen molar-refractivity contribution in [3.8, 4) is 0 Å². The Bertz CT molecular complexity index is 15.5. The molecule has 0 aliphatic rings. The predicted octanol–water partition coefficient (Wildman–Crippen LogP) is -1.46. The third-order valence-corrected chi connectivity index (χ3v) is 0. The van der Waals surface area contributed by atoms with E-state index in [-0.39, 0.29) is 17.4 Å². The van der Waals surface area contributed by atoms with Crippen molar-refractivity contribution in [2.75, 3.05) is 0 Å². The molecule has 0 bridgehead atoms. The normalized spacial score (nSPS) is 3.50. The largest absolute Gasteiger partial charge is 0.187 e. The Morgan fingerprint density at radius 1 is 1.75 bits per heavy atom. The Hall–Kier alpha value is 0.709. The van der Waals surface area contributed by atoms with Gasteiger partial charge < -0.3 is 0 Å². The third-order valence-electron chi connectivity index (χ3n) is 0. The maximum Gasteiger partial charge on any atom is 0.187 e. The predicted molar refractivity (Wildman–Crippen MR) is 16.7 cm³/mol. The van der Waals surface area contributed by atoms with E-state index >= 15 is 0 Å². The van der Waals surface area contributed by atoms with Crippen LogP contribution in [0.3, 0.4) is 0 Å². The van der Waals surface area contributed by atoms with Crippen molar-refractivity contribution in [3.63, 3.8) is 0 Å². The monoisotopic (exact) mass is 118 g/mol. The summed E-state index contributed by atoms with van der Waals surface area (Å²) >= 11 is 3.15. The zero-order chi connectivity index (χ0) is 2.71. The van der Waals surface area contributed by atoms with Crippen molar-refractivity contribution in [2.45, 2.75) is 0 Å². The fourth-order valence-corrected chi connectivity index (χ4v) is 0. The minimum absolute atomic E-state index is 0. The van der Waals surface area contributed by atoms with Gasteiger partial charge >= 0.3 is 25.8 Å². The molecular formula is CH4AlCoO. The van der Waals surface area contributed by atoms with Crippen LogP contribution < -0.4 is 0 Å². The average molecular weight is 118 g/mol. The summed E-state index contributed by atoms with van der Waals surface area (Å²) in [5, 5.41) is 0.438. The van der Waals surface area contributed by atoms with E-state index in [2.05, 4.69) is 15.7 Å². The van der Waals surface area contributed by atoms with E-state index in [9.17, 15) is 0 Å². The summed E-state index contributed by atoms with van der Waals surface area (Å²) in [4.78, 5) is 8.67. The van der Waals surface area contributed by atoms with Crippen LogP contribution in [0.5, 0.6) is 0 Å². The van der Waals surface area contributed by atoms with Gasteiger partial charge in [-0.05, 0) is 0 Å². The van der Waals surface area contributed by atoms with E-state index in [1.54, 1.807) is 0 Å². The van der Waals surface area contributed by atoms with Crippen molar-refractivity contribution in [1.29, 1.82) is 0 Å². The smallest absolute Gasteiger partial charge is 0.187 e. The summed E-state index contributed by atoms with van der Waals surface area (Å²) in [6.45, 7) is 0. The molecule has 0 rings (SSSR count). The molecule has 0 spiro atoms. The second-order valence-electron chi connectivity index (χ2n) is 0.0786. The van der Waals surface area contributed by atoms with Crippen molar-refractivity contribution in [2.24, 2.45) is 0 Å². The van der Waals surface area contributed by atoms with Gasteiger partial charge in [0.15, 0.2) is 17.4 Å². The van der Waals surface area contributed by atoms with Crippen LogP contribution in [-0.4, -0.2) is 22.6 Å². The molecule has 3 heteroatoms. The van der Waals surface area contributed by atoms with Gasteiger partial charge in [0.25, 0.3) is 0 Å². The first-order valence-corrected chi connectivity index (χ1v) is 1.03. The first kappa shape index (κ1) is 8.83. The summed E-state index contributed by atoms with van der Waals surface area (Å²) < 4.78 is 0. The van der Waals surface area contributed by atoms with Gasteiger partial charge in [0.05, 0.1) is 0 Å². The van der Waals surface area contributed by atoms with E-state index in [0.717, 1.165) is 0 Å². The van der Waals surface area contributed by atoms with E-state index < -0.39 is 0 Å². The van der Waals surface area contributed by atoms with E-state index in [4.69, 9.17) is 4.79 Å². The number of hydrogen-bond donors (Lipinski definition) is 0. The molecule has 0 saturated carbocycles. The summed E-state index contributed by atoms with van der Waals surface area (Å²) in [5.41, 5.74) is 0. The zero-order valence-corrected chi connectivity index (χ0v) is 2.36. The fourth-order valence-electron chi connectivity index (χ4n) is 0. The van der Waals surface area contributed by atoms with Crippen LogP contribution in [0.1, 0.15) is 0 Å². The summed E-state index contributed by atoms with van der Waals surface area (Å²) in [7, 11) is 0. The molecular weight excluding hydrogens is 114 g/mol. The van der Waals surface area contributed by atoms with Crippen LogP contribution in [0.15, 0.2) is 0 Å². The number of rotatable bonds is 0. The Labute approximate surface area is 43.5 Å². The molecule has 0 unspecified atom stereocenters. The van der Waals surface area contributed by atoms with Crippen molar-refractivity contribution >= 4 is 22.6 Å². The van der Waals surface area contributed by atoms with Gasteiger partial charge in [0, 0.05) is 0 Å². The molecule has 0 atom stereocenters. The quantitative estimate of drug-likeness (QED) is 0.280. The Balaban J connectivity index is 0. The van der Waals surface area contributed by atoms with Crippen LogP contribution in [0.25, 0.3) is 0 Å². The number of carbonyl (C=O) groups excluding carboxylic acids is 1. The Morgan fingerprint density at radius 3 is 1.75 bits per heavy atom. The van der Waals surface area contributed by atoms with Crippen LogP contribution in [0, 0.1) is 0 Å². The molecule has 0 N–H and O–H groups in total. The van der Waals surface area contributed by atoms with Gasteiger partial charge in [-0.15, -0.1) is 0 Å². The van der Waals surface area contributed by atoms with Gasteiger partial charge in [-0.25, -0.2) is 0 Å². The van der Waals surface area contributed by atoms with Gasteiger partial charge in [-0.1, -0.05) is 0 Å². The molecule has 0 aromatic heterocycles. The third kappa shape index (κ3) is 15.7. The minimum atomic E-state index is 0. The van der Waals surface area contributed by atoms with Gasteiger partial charge in [-0.2, -0.15) is 0 Å². The molecule has 0 saturated heterocycles. The second kappa shape index (κ2) is 9.32. The van der Waals surface area contributed by atoms with Crippen molar-refractivity contribution in [3.05, 3.63) is 0 Å². The zero-order valence-electron chi connectivity index (χ0n) is 1.32. The van der Waals surface area contributed by atoms with Gasteiger partial charge in [-0.3, -0.25) is 0 Å². The Kier molecular flexibility index (Phi) is 20.6. The first-order valence-electron chi connectivity index (χ1n) is 0.428. The second-order valence-corrected chi connectivity index (χ2v) is 0.324. The van der Waals surface area contributed by atoms with Crippen LogP contribution >= 0.6 is 0 Å². The molecule has 4 heavy (non-hydrogen) atoms. The number of hydrogen-bond acceptors (Lipinski definition) is 1. The van der Waals surface area contributed by atoms with Crippen LogP contribution in [0.4, 0.5) is 0 Å². The van der Waals surface area contributed by atoms with Crippen LogP contribution in [0.2, 0.25) is 0 Å². The molecule has 0 aromatic rings. The van der Waals surface area contributed by atoms with Crippen molar-refractivity contribution in [1.82, 2.24) is 0 Å². The van der Waals surface area contributed by atoms with Crippen molar-refractivity contribution < 1.29 is 20.5 Å². The summed E-state index contributed by atoms with van der Waals surface area (Å²) in [6.07, 6.45) is 0. The van der Waals surface area contributed by atoms with Gasteiger partial charge in [0.1, 0.15) is 0 Å². The molecule has 26 valence electrons. The van der Waals surface area contributed by atoms with E-state index in [1.165, 1.54) is 0 Å². The fraction of sp³-hybridized carbons (Fsp3) is 0. The molecule has 0 heterocycles.